The van der Waals surface area contributed by atoms with Gasteiger partial charge in [-0.2, -0.15) is 10.1 Å². The second-order valence-electron chi connectivity index (χ2n) is 6.25. The van der Waals surface area contributed by atoms with Gasteiger partial charge in [0.05, 0.1) is 24.1 Å². The van der Waals surface area contributed by atoms with E-state index in [2.05, 4.69) is 11.7 Å². The summed E-state index contributed by atoms with van der Waals surface area (Å²) in [5.74, 6) is 0.997. The average molecular weight is 397 g/mol. The number of carbonyl (C=O) groups is 1. The van der Waals surface area contributed by atoms with Gasteiger partial charge in [-0.15, -0.1) is 0 Å². The molecule has 0 saturated carbocycles. The molecule has 0 fully saturated rings. The first-order valence-electron chi connectivity index (χ1n) is 8.74. The molecule has 1 amide bonds. The highest BCUT2D eigenvalue weighted by Gasteiger charge is 2.30. The normalized spacial score (nSPS) is 15.0. The Labute approximate surface area is 169 Å². The zero-order valence-corrected chi connectivity index (χ0v) is 16.8. The lowest BCUT2D eigenvalue weighted by Gasteiger charge is -2.15. The number of nitrogens with zero attached hydrogens (tertiary/aromatic N) is 2. The van der Waals surface area contributed by atoms with E-state index in [9.17, 15) is 4.79 Å². The first kappa shape index (κ1) is 19.7. The van der Waals surface area contributed by atoms with Crippen LogP contribution in [-0.2, 0) is 4.79 Å². The van der Waals surface area contributed by atoms with Crippen LogP contribution in [0.4, 0.5) is 5.69 Å². The molecule has 0 saturated heterocycles. The SMILES string of the molecule is C=CCOc1ccc(C=C2C(=O)N(c3cccc(Cl)c3C)N=C2C)cc1OC. The van der Waals surface area contributed by atoms with Gasteiger partial charge in [0, 0.05) is 5.02 Å². The van der Waals surface area contributed by atoms with Gasteiger partial charge in [-0.3, -0.25) is 4.79 Å². The molecule has 0 bridgehead atoms. The van der Waals surface area contributed by atoms with E-state index < -0.39 is 0 Å². The molecule has 0 aromatic heterocycles. The zero-order chi connectivity index (χ0) is 20.3. The molecule has 1 aliphatic rings. The minimum Gasteiger partial charge on any atom is -0.493 e. The second kappa shape index (κ2) is 8.31. The van der Waals surface area contributed by atoms with E-state index in [1.807, 2.05) is 32.0 Å². The van der Waals surface area contributed by atoms with Crippen molar-refractivity contribution in [2.45, 2.75) is 13.8 Å². The fraction of sp³-hybridized carbons (Fsp3) is 0.182. The van der Waals surface area contributed by atoms with Crippen LogP contribution in [0.2, 0.25) is 5.02 Å². The molecular formula is C22H21ClN2O3. The van der Waals surface area contributed by atoms with Crippen LogP contribution in [0.1, 0.15) is 18.1 Å². The van der Waals surface area contributed by atoms with Crippen LogP contribution in [0.5, 0.6) is 11.5 Å². The van der Waals surface area contributed by atoms with E-state index in [-0.39, 0.29) is 5.91 Å². The Hall–Kier alpha value is -3.05. The van der Waals surface area contributed by atoms with E-state index in [1.165, 1.54) is 5.01 Å². The number of anilines is 1. The molecule has 0 aliphatic carbocycles. The summed E-state index contributed by atoms with van der Waals surface area (Å²) in [6.07, 6.45) is 3.46. The van der Waals surface area contributed by atoms with Gasteiger partial charge in [-0.25, -0.2) is 0 Å². The van der Waals surface area contributed by atoms with E-state index in [0.29, 0.717) is 40.1 Å². The molecule has 0 unspecified atom stereocenters. The van der Waals surface area contributed by atoms with Crippen LogP contribution >= 0.6 is 11.6 Å². The first-order chi connectivity index (χ1) is 13.5. The van der Waals surface area contributed by atoms with Crippen LogP contribution in [0.15, 0.2) is 59.7 Å². The Morgan fingerprint density at radius 2 is 2.00 bits per heavy atom. The summed E-state index contributed by atoms with van der Waals surface area (Å²) in [6.45, 7) is 7.70. The molecule has 28 heavy (non-hydrogen) atoms. The highest BCUT2D eigenvalue weighted by Crippen LogP contribution is 2.33. The summed E-state index contributed by atoms with van der Waals surface area (Å²) in [5, 5.41) is 6.41. The fourth-order valence-electron chi connectivity index (χ4n) is 2.88. The molecule has 0 radical (unpaired) electrons. The highest BCUT2D eigenvalue weighted by molar-refractivity contribution is 6.34. The maximum absolute atomic E-state index is 13.0. The van der Waals surface area contributed by atoms with Gasteiger partial charge in [0.25, 0.3) is 5.91 Å². The second-order valence-corrected chi connectivity index (χ2v) is 6.66. The van der Waals surface area contributed by atoms with E-state index in [4.69, 9.17) is 21.1 Å². The maximum Gasteiger partial charge on any atom is 0.280 e. The van der Waals surface area contributed by atoms with Crippen molar-refractivity contribution in [3.63, 3.8) is 0 Å². The number of ether oxygens (including phenoxy) is 2. The number of amides is 1. The van der Waals surface area contributed by atoms with Crippen LogP contribution in [-0.4, -0.2) is 25.3 Å². The predicted octanol–water partition coefficient (Wildman–Crippen LogP) is 5.03. The lowest BCUT2D eigenvalue weighted by atomic mass is 10.1. The first-order valence-corrected chi connectivity index (χ1v) is 9.12. The summed E-state index contributed by atoms with van der Waals surface area (Å²) in [7, 11) is 1.57. The van der Waals surface area contributed by atoms with Gasteiger partial charge in [-0.1, -0.05) is 36.4 Å². The number of halogens is 1. The molecule has 0 atom stereocenters. The number of methoxy groups -OCH3 is 1. The molecule has 6 heteroatoms. The van der Waals surface area contributed by atoms with Gasteiger partial charge in [-0.05, 0) is 55.3 Å². The number of hydrogen-bond acceptors (Lipinski definition) is 4. The van der Waals surface area contributed by atoms with Crippen molar-refractivity contribution >= 4 is 35.0 Å². The van der Waals surface area contributed by atoms with Gasteiger partial charge in [0.15, 0.2) is 11.5 Å². The van der Waals surface area contributed by atoms with Gasteiger partial charge < -0.3 is 9.47 Å². The molecule has 2 aromatic rings. The summed E-state index contributed by atoms with van der Waals surface area (Å²) in [4.78, 5) is 13.0. The molecule has 2 aromatic carbocycles. The molecule has 0 N–H and O–H groups in total. The lowest BCUT2D eigenvalue weighted by molar-refractivity contribution is -0.114. The van der Waals surface area contributed by atoms with Crippen molar-refractivity contribution in [3.8, 4) is 11.5 Å². The van der Waals surface area contributed by atoms with Crippen molar-refractivity contribution < 1.29 is 14.3 Å². The summed E-state index contributed by atoms with van der Waals surface area (Å²) in [6, 6.07) is 10.9. The van der Waals surface area contributed by atoms with Crippen molar-refractivity contribution in [1.29, 1.82) is 0 Å². The number of hydrazone groups is 1. The van der Waals surface area contributed by atoms with Gasteiger partial charge >= 0.3 is 0 Å². The Kier molecular flexibility index (Phi) is 5.85. The molecule has 1 heterocycles. The Morgan fingerprint density at radius 3 is 2.71 bits per heavy atom. The summed E-state index contributed by atoms with van der Waals surface area (Å²) in [5.41, 5.74) is 3.44. The van der Waals surface area contributed by atoms with Gasteiger partial charge in [0.1, 0.15) is 6.61 Å². The minimum atomic E-state index is -0.200. The zero-order valence-electron chi connectivity index (χ0n) is 16.0. The van der Waals surface area contributed by atoms with Gasteiger partial charge in [0.2, 0.25) is 0 Å². The van der Waals surface area contributed by atoms with E-state index in [0.717, 1.165) is 11.1 Å². The van der Waals surface area contributed by atoms with Crippen molar-refractivity contribution in [1.82, 2.24) is 0 Å². The minimum absolute atomic E-state index is 0.200. The largest absolute Gasteiger partial charge is 0.493 e. The third-order valence-electron chi connectivity index (χ3n) is 4.39. The Morgan fingerprint density at radius 1 is 1.21 bits per heavy atom. The summed E-state index contributed by atoms with van der Waals surface area (Å²) < 4.78 is 11.0. The summed E-state index contributed by atoms with van der Waals surface area (Å²) >= 11 is 6.19. The Balaban J connectivity index is 1.93. The third-order valence-corrected chi connectivity index (χ3v) is 4.79. The Bertz CT molecular complexity index is 995. The standard InChI is InChI=1S/C22H21ClN2O3/c1-5-11-28-20-10-9-16(13-21(20)27-4)12-17-15(3)24-25(22(17)26)19-8-6-7-18(23)14(19)2/h5-10,12-13H,1,11H2,2-4H3. The third kappa shape index (κ3) is 3.80. The molecule has 5 nitrogen and oxygen atoms in total. The number of carbonyl (C=O) groups excluding carboxylic acids is 1. The number of hydrogen-bond donors (Lipinski definition) is 0. The monoisotopic (exact) mass is 396 g/mol. The van der Waals surface area contributed by atoms with Crippen molar-refractivity contribution in [2.24, 2.45) is 5.10 Å². The van der Waals surface area contributed by atoms with Crippen LogP contribution in [0.25, 0.3) is 6.08 Å². The topological polar surface area (TPSA) is 51.1 Å². The quantitative estimate of drug-likeness (QED) is 0.508. The highest BCUT2D eigenvalue weighted by atomic mass is 35.5. The van der Waals surface area contributed by atoms with E-state index in [1.54, 1.807) is 37.5 Å². The fourth-order valence-corrected chi connectivity index (χ4v) is 3.05. The van der Waals surface area contributed by atoms with Crippen LogP contribution in [0, 0.1) is 6.92 Å². The number of benzene rings is 2. The lowest BCUT2D eigenvalue weighted by Crippen LogP contribution is -2.22. The van der Waals surface area contributed by atoms with E-state index >= 15 is 0 Å². The molecule has 144 valence electrons. The molecule has 3 rings (SSSR count). The van der Waals surface area contributed by atoms with Crippen LogP contribution < -0.4 is 14.5 Å². The smallest absolute Gasteiger partial charge is 0.280 e. The maximum atomic E-state index is 13.0. The van der Waals surface area contributed by atoms with Crippen molar-refractivity contribution in [2.75, 3.05) is 18.7 Å². The van der Waals surface area contributed by atoms with Crippen molar-refractivity contribution in [3.05, 3.63) is 70.8 Å². The average Bonchev–Trinajstić information content (AvgIpc) is 2.97. The molecular weight excluding hydrogens is 376 g/mol. The number of rotatable bonds is 6. The predicted molar refractivity (Wildman–Crippen MR) is 113 cm³/mol. The molecule has 1 aliphatic heterocycles. The van der Waals surface area contributed by atoms with Crippen LogP contribution in [0.3, 0.4) is 0 Å². The molecule has 0 spiro atoms.